The number of hydrogen-bond acceptors (Lipinski definition) is 3. The van der Waals surface area contributed by atoms with Gasteiger partial charge in [0, 0.05) is 17.3 Å². The van der Waals surface area contributed by atoms with E-state index in [0.29, 0.717) is 22.7 Å². The Morgan fingerprint density at radius 1 is 1.15 bits per heavy atom. The Labute approximate surface area is 146 Å². The highest BCUT2D eigenvalue weighted by Gasteiger charge is 2.21. The maximum atomic E-state index is 12.2. The summed E-state index contributed by atoms with van der Waals surface area (Å²) in [4.78, 5) is 23.6. The van der Waals surface area contributed by atoms with Crippen molar-refractivity contribution in [1.29, 1.82) is 0 Å². The lowest BCUT2D eigenvalue weighted by Crippen LogP contribution is -2.25. The van der Waals surface area contributed by atoms with Crippen molar-refractivity contribution >= 4 is 29.3 Å². The van der Waals surface area contributed by atoms with E-state index in [-0.39, 0.29) is 24.2 Å². The van der Waals surface area contributed by atoms with Gasteiger partial charge in [-0.15, -0.1) is 0 Å². The molecule has 8 heteroatoms. The molecule has 0 aromatic heterocycles. The number of amides is 2. The van der Waals surface area contributed by atoms with E-state index >= 15 is 0 Å². The summed E-state index contributed by atoms with van der Waals surface area (Å²) in [6, 6.07) is 10.5. The molecule has 26 heavy (non-hydrogen) atoms. The largest absolute Gasteiger partial charge is 0.482 e. The van der Waals surface area contributed by atoms with Gasteiger partial charge in [0.1, 0.15) is 5.75 Å². The molecule has 0 saturated carbocycles. The van der Waals surface area contributed by atoms with Crippen LogP contribution in [0, 0.1) is 0 Å². The minimum atomic E-state index is -4.39. The van der Waals surface area contributed by atoms with E-state index < -0.39 is 12.1 Å². The van der Waals surface area contributed by atoms with Crippen molar-refractivity contribution < 1.29 is 27.5 Å². The highest BCUT2D eigenvalue weighted by Crippen LogP contribution is 2.30. The Kier molecular flexibility index (Phi) is 4.66. The van der Waals surface area contributed by atoms with E-state index in [1.165, 1.54) is 24.3 Å². The van der Waals surface area contributed by atoms with Gasteiger partial charge in [-0.1, -0.05) is 18.2 Å². The van der Waals surface area contributed by atoms with Gasteiger partial charge in [-0.25, -0.2) is 0 Å². The zero-order chi connectivity index (χ0) is 18.7. The molecule has 1 heterocycles. The fourth-order valence-corrected chi connectivity index (χ4v) is 2.30. The van der Waals surface area contributed by atoms with Gasteiger partial charge in [0.2, 0.25) is 0 Å². The molecule has 0 spiro atoms. The maximum Gasteiger partial charge on any atom is 0.409 e. The third-order valence-electron chi connectivity index (χ3n) is 3.51. The number of ether oxygens (including phenoxy) is 1. The summed E-state index contributed by atoms with van der Waals surface area (Å²) < 4.78 is 41.7. The highest BCUT2D eigenvalue weighted by molar-refractivity contribution is 6.05. The summed E-state index contributed by atoms with van der Waals surface area (Å²) in [5, 5.41) is 5.29. The smallest absolute Gasteiger partial charge is 0.409 e. The molecule has 2 aromatic rings. The average Bonchev–Trinajstić information content (AvgIpc) is 2.59. The van der Waals surface area contributed by atoms with Crippen LogP contribution in [0.5, 0.6) is 5.75 Å². The molecule has 3 rings (SSSR count). The zero-order valence-electron chi connectivity index (χ0n) is 13.3. The van der Waals surface area contributed by atoms with Crippen LogP contribution < -0.4 is 15.4 Å². The number of nitrogens with one attached hydrogen (secondary N) is 2. The van der Waals surface area contributed by atoms with Gasteiger partial charge < -0.3 is 15.4 Å². The van der Waals surface area contributed by atoms with Crippen LogP contribution in [0.3, 0.4) is 0 Å². The molecule has 2 amide bonds. The van der Waals surface area contributed by atoms with Gasteiger partial charge in [-0.2, -0.15) is 13.2 Å². The third kappa shape index (κ3) is 4.41. The fourth-order valence-electron chi connectivity index (χ4n) is 2.30. The summed E-state index contributed by atoms with van der Waals surface area (Å²) in [6.07, 6.45) is -3.33. The first-order valence-corrected chi connectivity index (χ1v) is 7.54. The number of hydrogen-bond donors (Lipinski definition) is 2. The Morgan fingerprint density at radius 2 is 1.88 bits per heavy atom. The maximum absolute atomic E-state index is 12.2. The summed E-state index contributed by atoms with van der Waals surface area (Å²) in [5.74, 6) is -0.216. The lowest BCUT2D eigenvalue weighted by Gasteiger charge is -2.18. The molecule has 1 aliphatic rings. The monoisotopic (exact) mass is 362 g/mol. The van der Waals surface area contributed by atoms with Crippen molar-refractivity contribution in [3.05, 3.63) is 59.7 Å². The number of anilines is 2. The fraction of sp³-hybridized carbons (Fsp3) is 0.111. The average molecular weight is 362 g/mol. The Morgan fingerprint density at radius 3 is 2.58 bits per heavy atom. The third-order valence-corrected chi connectivity index (χ3v) is 3.51. The molecule has 0 unspecified atom stereocenters. The number of rotatable bonds is 3. The Bertz CT molecular complexity index is 874. The predicted octanol–water partition coefficient (Wildman–Crippen LogP) is 3.85. The highest BCUT2D eigenvalue weighted by atomic mass is 19.4. The normalized spacial score (nSPS) is 13.7. The van der Waals surface area contributed by atoms with Gasteiger partial charge in [0.05, 0.1) is 5.69 Å². The Hall–Kier alpha value is -3.29. The molecule has 0 fully saturated rings. The topological polar surface area (TPSA) is 67.4 Å². The molecular formula is C18H13F3N2O3. The van der Waals surface area contributed by atoms with Gasteiger partial charge in [-0.05, 0) is 35.9 Å². The van der Waals surface area contributed by atoms with Crippen molar-refractivity contribution in [3.63, 3.8) is 0 Å². The number of benzene rings is 2. The lowest BCUT2D eigenvalue weighted by atomic mass is 10.1. The lowest BCUT2D eigenvalue weighted by molar-refractivity contribution is -0.118. The van der Waals surface area contributed by atoms with Crippen LogP contribution in [-0.4, -0.2) is 24.6 Å². The second kappa shape index (κ2) is 6.91. The van der Waals surface area contributed by atoms with E-state index in [1.54, 1.807) is 18.2 Å². The second-order valence-corrected chi connectivity index (χ2v) is 5.50. The summed E-state index contributed by atoms with van der Waals surface area (Å²) in [7, 11) is 0. The van der Waals surface area contributed by atoms with E-state index in [1.807, 2.05) is 0 Å². The number of allylic oxidation sites excluding steroid dienone is 1. The van der Waals surface area contributed by atoms with E-state index in [4.69, 9.17) is 4.74 Å². The van der Waals surface area contributed by atoms with Crippen LogP contribution in [0.15, 0.2) is 48.5 Å². The van der Waals surface area contributed by atoms with E-state index in [9.17, 15) is 22.8 Å². The van der Waals surface area contributed by atoms with Crippen LogP contribution in [0.2, 0.25) is 0 Å². The molecule has 5 nitrogen and oxygen atoms in total. The van der Waals surface area contributed by atoms with Crippen molar-refractivity contribution in [3.8, 4) is 5.75 Å². The molecule has 0 aliphatic carbocycles. The van der Waals surface area contributed by atoms with Crippen LogP contribution in [0.4, 0.5) is 24.5 Å². The predicted molar refractivity (Wildman–Crippen MR) is 90.1 cm³/mol. The number of halogens is 3. The summed E-state index contributed by atoms with van der Waals surface area (Å²) >= 11 is 0. The summed E-state index contributed by atoms with van der Waals surface area (Å²) in [6.45, 7) is -0.0617. The molecule has 2 aromatic carbocycles. The van der Waals surface area contributed by atoms with Gasteiger partial charge in [0.25, 0.3) is 11.8 Å². The van der Waals surface area contributed by atoms with Crippen molar-refractivity contribution in [2.75, 3.05) is 17.2 Å². The molecule has 2 N–H and O–H groups in total. The first-order chi connectivity index (χ1) is 12.3. The minimum absolute atomic E-state index is 0.0617. The molecule has 1 aliphatic heterocycles. The van der Waals surface area contributed by atoms with Gasteiger partial charge >= 0.3 is 6.18 Å². The molecule has 0 radical (unpaired) electrons. The molecule has 0 saturated heterocycles. The SMILES string of the molecule is O=C1COc2ccc(NC(=O)c3ccc(C=CC(F)(F)F)cc3)cc2N1. The number of fused-ring (bicyclic) bond motifs is 1. The Balaban J connectivity index is 1.69. The van der Waals surface area contributed by atoms with Crippen LogP contribution in [0.1, 0.15) is 15.9 Å². The minimum Gasteiger partial charge on any atom is -0.482 e. The number of carbonyl (C=O) groups is 2. The molecule has 134 valence electrons. The molecular weight excluding hydrogens is 349 g/mol. The first-order valence-electron chi connectivity index (χ1n) is 7.54. The van der Waals surface area contributed by atoms with Crippen molar-refractivity contribution in [2.24, 2.45) is 0 Å². The standard InChI is InChI=1S/C18H13F3N2O3/c19-18(20,21)8-7-11-1-3-12(4-2-11)17(25)22-13-5-6-15-14(9-13)23-16(24)10-26-15/h1-9H,10H2,(H,22,25)(H,23,24). The van der Waals surface area contributed by atoms with Crippen LogP contribution in [0.25, 0.3) is 6.08 Å². The number of alkyl halides is 3. The van der Waals surface area contributed by atoms with Crippen LogP contribution in [-0.2, 0) is 4.79 Å². The van der Waals surface area contributed by atoms with E-state index in [2.05, 4.69) is 10.6 Å². The van der Waals surface area contributed by atoms with Gasteiger partial charge in [0.15, 0.2) is 6.61 Å². The van der Waals surface area contributed by atoms with Gasteiger partial charge in [-0.3, -0.25) is 9.59 Å². The van der Waals surface area contributed by atoms with Crippen molar-refractivity contribution in [1.82, 2.24) is 0 Å². The second-order valence-electron chi connectivity index (χ2n) is 5.50. The quantitative estimate of drug-likeness (QED) is 0.872. The number of carbonyl (C=O) groups excluding carboxylic acids is 2. The molecule has 0 atom stereocenters. The first kappa shape index (κ1) is 17.5. The van der Waals surface area contributed by atoms with Crippen molar-refractivity contribution in [2.45, 2.75) is 6.18 Å². The molecule has 0 bridgehead atoms. The summed E-state index contributed by atoms with van der Waals surface area (Å²) in [5.41, 5.74) is 1.51. The zero-order valence-corrected chi connectivity index (χ0v) is 13.3. The van der Waals surface area contributed by atoms with E-state index in [0.717, 1.165) is 6.08 Å². The van der Waals surface area contributed by atoms with Crippen LogP contribution >= 0.6 is 0 Å².